The molecule has 0 aliphatic rings. The average molecular weight is 402 g/mol. The monoisotopic (exact) mass is 401 g/mol. The summed E-state index contributed by atoms with van der Waals surface area (Å²) in [6, 6.07) is 15.2. The van der Waals surface area contributed by atoms with Gasteiger partial charge in [-0.05, 0) is 41.8 Å². The highest BCUT2D eigenvalue weighted by Crippen LogP contribution is 2.11. The highest BCUT2D eigenvalue weighted by molar-refractivity contribution is 9.10. The van der Waals surface area contributed by atoms with E-state index >= 15 is 0 Å². The molecule has 5 nitrogen and oxygen atoms in total. The number of amides is 2. The number of nitrogens with zero attached hydrogens (tertiary/aromatic N) is 1. The minimum Gasteiger partial charge on any atom is -0.326 e. The van der Waals surface area contributed by atoms with Crippen molar-refractivity contribution in [2.45, 2.75) is 26.2 Å². The maximum Gasteiger partial charge on any atom is 0.240 e. The van der Waals surface area contributed by atoms with Crippen LogP contribution in [-0.4, -0.2) is 18.0 Å². The zero-order valence-electron chi connectivity index (χ0n) is 14.0. The molecule has 0 heterocycles. The molecule has 2 N–H and O–H groups in total. The highest BCUT2D eigenvalue weighted by Gasteiger charge is 2.06. The molecule has 130 valence electrons. The van der Waals surface area contributed by atoms with Crippen LogP contribution >= 0.6 is 15.9 Å². The van der Waals surface area contributed by atoms with E-state index in [2.05, 4.69) is 38.7 Å². The van der Waals surface area contributed by atoms with Crippen molar-refractivity contribution in [3.63, 3.8) is 0 Å². The first-order chi connectivity index (χ1) is 12.1. The summed E-state index contributed by atoms with van der Waals surface area (Å²) in [7, 11) is 0. The van der Waals surface area contributed by atoms with Crippen LogP contribution in [0.25, 0.3) is 0 Å². The quantitative estimate of drug-likeness (QED) is 0.545. The van der Waals surface area contributed by atoms with Gasteiger partial charge in [0.25, 0.3) is 0 Å². The number of hydrogen-bond acceptors (Lipinski definition) is 3. The Morgan fingerprint density at radius 1 is 1.00 bits per heavy atom. The van der Waals surface area contributed by atoms with Gasteiger partial charge in [-0.2, -0.15) is 5.10 Å². The van der Waals surface area contributed by atoms with Crippen LogP contribution in [0.15, 0.2) is 58.1 Å². The predicted octanol–water partition coefficient (Wildman–Crippen LogP) is 3.88. The van der Waals surface area contributed by atoms with Gasteiger partial charge < -0.3 is 5.32 Å². The third-order valence-corrected chi connectivity index (χ3v) is 4.03. The van der Waals surface area contributed by atoms with Crippen LogP contribution in [0.3, 0.4) is 0 Å². The van der Waals surface area contributed by atoms with Gasteiger partial charge in [0.1, 0.15) is 0 Å². The number of carbonyl (C=O) groups excluding carboxylic acids is 2. The standard InChI is InChI=1S/C19H20BrN3O2/c1-2-14-5-9-17(10-6-14)22-18(24)11-12-19(25)23-21-13-15-3-7-16(20)8-4-15/h3-10,13H,2,11-12H2,1H3,(H,22,24)(H,23,25). The Morgan fingerprint density at radius 3 is 2.28 bits per heavy atom. The van der Waals surface area contributed by atoms with E-state index in [1.54, 1.807) is 6.21 Å². The van der Waals surface area contributed by atoms with E-state index in [0.717, 1.165) is 22.1 Å². The summed E-state index contributed by atoms with van der Waals surface area (Å²) in [6.07, 6.45) is 2.70. The fourth-order valence-electron chi connectivity index (χ4n) is 2.06. The van der Waals surface area contributed by atoms with E-state index in [1.165, 1.54) is 5.56 Å². The number of rotatable bonds is 7. The summed E-state index contributed by atoms with van der Waals surface area (Å²) < 4.78 is 0.976. The van der Waals surface area contributed by atoms with Crippen molar-refractivity contribution in [3.05, 3.63) is 64.1 Å². The maximum atomic E-state index is 11.9. The fraction of sp³-hybridized carbons (Fsp3) is 0.211. The third-order valence-electron chi connectivity index (χ3n) is 3.50. The summed E-state index contributed by atoms with van der Waals surface area (Å²) in [4.78, 5) is 23.6. The molecule has 0 aliphatic heterocycles. The van der Waals surface area contributed by atoms with Crippen LogP contribution in [0.5, 0.6) is 0 Å². The molecule has 2 amide bonds. The van der Waals surface area contributed by atoms with Gasteiger partial charge in [0, 0.05) is 23.0 Å². The topological polar surface area (TPSA) is 70.6 Å². The second kappa shape index (κ2) is 9.74. The van der Waals surface area contributed by atoms with Crippen LogP contribution in [0, 0.1) is 0 Å². The predicted molar refractivity (Wildman–Crippen MR) is 104 cm³/mol. The number of hydrogen-bond donors (Lipinski definition) is 2. The zero-order chi connectivity index (χ0) is 18.1. The van der Waals surface area contributed by atoms with Crippen molar-refractivity contribution in [1.29, 1.82) is 0 Å². The smallest absolute Gasteiger partial charge is 0.240 e. The Hall–Kier alpha value is -2.47. The SMILES string of the molecule is CCc1ccc(NC(=O)CCC(=O)NN=Cc2ccc(Br)cc2)cc1. The van der Waals surface area contributed by atoms with Crippen molar-refractivity contribution < 1.29 is 9.59 Å². The van der Waals surface area contributed by atoms with E-state index < -0.39 is 0 Å². The zero-order valence-corrected chi connectivity index (χ0v) is 15.5. The summed E-state index contributed by atoms with van der Waals surface area (Å²) in [5.74, 6) is -0.499. The van der Waals surface area contributed by atoms with Crippen LogP contribution in [0.2, 0.25) is 0 Å². The second-order valence-corrected chi connectivity index (χ2v) is 6.36. The van der Waals surface area contributed by atoms with Crippen LogP contribution < -0.4 is 10.7 Å². The summed E-state index contributed by atoms with van der Waals surface area (Å²) in [6.45, 7) is 2.07. The Bertz CT molecular complexity index is 740. The molecule has 0 fully saturated rings. The molecular formula is C19H20BrN3O2. The molecule has 2 aromatic rings. The van der Waals surface area contributed by atoms with Gasteiger partial charge in [-0.1, -0.05) is 47.1 Å². The molecular weight excluding hydrogens is 382 g/mol. The van der Waals surface area contributed by atoms with Crippen LogP contribution in [0.1, 0.15) is 30.9 Å². The lowest BCUT2D eigenvalue weighted by molar-refractivity contribution is -0.124. The normalized spacial score (nSPS) is 10.6. The van der Waals surface area contributed by atoms with Gasteiger partial charge in [0.15, 0.2) is 0 Å². The lowest BCUT2D eigenvalue weighted by atomic mass is 10.1. The molecule has 6 heteroatoms. The number of halogens is 1. The molecule has 0 aliphatic carbocycles. The van der Waals surface area contributed by atoms with E-state index in [9.17, 15) is 9.59 Å². The lowest BCUT2D eigenvalue weighted by Gasteiger charge is -2.05. The van der Waals surface area contributed by atoms with E-state index in [4.69, 9.17) is 0 Å². The van der Waals surface area contributed by atoms with E-state index in [-0.39, 0.29) is 24.7 Å². The minimum absolute atomic E-state index is 0.0799. The Labute approximate surface area is 155 Å². The molecule has 0 radical (unpaired) electrons. The van der Waals surface area contributed by atoms with Crippen molar-refractivity contribution in [2.24, 2.45) is 5.10 Å². The van der Waals surface area contributed by atoms with E-state index in [1.807, 2.05) is 48.5 Å². The van der Waals surface area contributed by atoms with Gasteiger partial charge >= 0.3 is 0 Å². The first kappa shape index (κ1) is 18.9. The van der Waals surface area contributed by atoms with Gasteiger partial charge in [-0.3, -0.25) is 9.59 Å². The Morgan fingerprint density at radius 2 is 1.64 bits per heavy atom. The van der Waals surface area contributed by atoms with Crippen molar-refractivity contribution in [2.75, 3.05) is 5.32 Å². The molecule has 0 bridgehead atoms. The molecule has 2 aromatic carbocycles. The Kier molecular flexibility index (Phi) is 7.35. The van der Waals surface area contributed by atoms with Crippen LogP contribution in [0.4, 0.5) is 5.69 Å². The van der Waals surface area contributed by atoms with E-state index in [0.29, 0.717) is 0 Å². The number of aryl methyl sites for hydroxylation is 1. The van der Waals surface area contributed by atoms with Crippen molar-refractivity contribution in [1.82, 2.24) is 5.43 Å². The van der Waals surface area contributed by atoms with Gasteiger partial charge in [-0.15, -0.1) is 0 Å². The average Bonchev–Trinajstić information content (AvgIpc) is 2.62. The fourth-order valence-corrected chi connectivity index (χ4v) is 2.32. The summed E-state index contributed by atoms with van der Waals surface area (Å²) in [5.41, 5.74) is 5.23. The van der Waals surface area contributed by atoms with Crippen molar-refractivity contribution in [3.8, 4) is 0 Å². The maximum absolute atomic E-state index is 11.9. The molecule has 25 heavy (non-hydrogen) atoms. The molecule has 0 aromatic heterocycles. The summed E-state index contributed by atoms with van der Waals surface area (Å²) >= 11 is 3.35. The summed E-state index contributed by atoms with van der Waals surface area (Å²) in [5, 5.41) is 6.65. The van der Waals surface area contributed by atoms with Gasteiger partial charge in [-0.25, -0.2) is 5.43 Å². The van der Waals surface area contributed by atoms with Gasteiger partial charge in [0.2, 0.25) is 11.8 Å². The number of carbonyl (C=O) groups is 2. The third kappa shape index (κ3) is 6.89. The van der Waals surface area contributed by atoms with Crippen molar-refractivity contribution >= 4 is 39.6 Å². The number of hydrazone groups is 1. The highest BCUT2D eigenvalue weighted by atomic mass is 79.9. The molecule has 0 unspecified atom stereocenters. The van der Waals surface area contributed by atoms with Gasteiger partial charge in [0.05, 0.1) is 6.21 Å². The molecule has 0 atom stereocenters. The second-order valence-electron chi connectivity index (χ2n) is 5.44. The first-order valence-electron chi connectivity index (χ1n) is 8.03. The number of anilines is 1. The van der Waals surface area contributed by atoms with Crippen LogP contribution in [-0.2, 0) is 16.0 Å². The minimum atomic E-state index is -0.301. The lowest BCUT2D eigenvalue weighted by Crippen LogP contribution is -2.20. The Balaban J connectivity index is 1.71. The first-order valence-corrected chi connectivity index (χ1v) is 8.82. The molecule has 0 saturated carbocycles. The molecule has 0 spiro atoms. The largest absolute Gasteiger partial charge is 0.326 e. The number of nitrogens with one attached hydrogen (secondary N) is 2. The molecule has 2 rings (SSSR count). The molecule has 0 saturated heterocycles. The number of benzene rings is 2.